The SMILES string of the molecule is CCN(CC)S(=O)(=O)c1ccc(NC(=O)CN2CCCC(O)C2)cc1. The molecule has 0 aliphatic carbocycles. The summed E-state index contributed by atoms with van der Waals surface area (Å²) in [5.41, 5.74) is 0.557. The number of aliphatic hydroxyl groups is 1. The molecule has 140 valence electrons. The Labute approximate surface area is 149 Å². The fourth-order valence-corrected chi connectivity index (χ4v) is 4.46. The molecular formula is C17H27N3O4S. The van der Waals surface area contributed by atoms with Crippen molar-refractivity contribution in [2.75, 3.05) is 38.0 Å². The minimum atomic E-state index is -3.49. The number of likely N-dealkylation sites (tertiary alicyclic amines) is 1. The van der Waals surface area contributed by atoms with Crippen LogP contribution < -0.4 is 5.32 Å². The lowest BCUT2D eigenvalue weighted by molar-refractivity contribution is -0.118. The maximum absolute atomic E-state index is 12.4. The van der Waals surface area contributed by atoms with E-state index in [9.17, 15) is 18.3 Å². The Bertz CT molecular complexity index is 672. The number of rotatable bonds is 7. The van der Waals surface area contributed by atoms with Crippen LogP contribution in [0.2, 0.25) is 0 Å². The van der Waals surface area contributed by atoms with Gasteiger partial charge >= 0.3 is 0 Å². The van der Waals surface area contributed by atoms with E-state index in [2.05, 4.69) is 5.32 Å². The van der Waals surface area contributed by atoms with Gasteiger partial charge in [-0.15, -0.1) is 0 Å². The van der Waals surface area contributed by atoms with Crippen molar-refractivity contribution in [3.8, 4) is 0 Å². The molecular weight excluding hydrogens is 342 g/mol. The Morgan fingerprint density at radius 3 is 2.48 bits per heavy atom. The van der Waals surface area contributed by atoms with Crippen molar-refractivity contribution in [3.63, 3.8) is 0 Å². The molecule has 1 aromatic carbocycles. The first-order valence-corrected chi connectivity index (χ1v) is 10.1. The number of amides is 1. The summed E-state index contributed by atoms with van der Waals surface area (Å²) in [6.45, 7) is 5.95. The maximum atomic E-state index is 12.4. The number of sulfonamides is 1. The van der Waals surface area contributed by atoms with E-state index in [1.165, 1.54) is 16.4 Å². The molecule has 0 saturated carbocycles. The molecule has 1 aromatic rings. The highest BCUT2D eigenvalue weighted by Crippen LogP contribution is 2.18. The number of piperidine rings is 1. The predicted octanol–water partition coefficient (Wildman–Crippen LogP) is 1.11. The molecule has 0 spiro atoms. The van der Waals surface area contributed by atoms with Gasteiger partial charge < -0.3 is 10.4 Å². The van der Waals surface area contributed by atoms with E-state index in [4.69, 9.17) is 0 Å². The minimum Gasteiger partial charge on any atom is -0.392 e. The summed E-state index contributed by atoms with van der Waals surface area (Å²) in [6, 6.07) is 6.21. The molecule has 0 bridgehead atoms. The molecule has 7 nitrogen and oxygen atoms in total. The van der Waals surface area contributed by atoms with E-state index in [0.29, 0.717) is 25.3 Å². The molecule has 1 aliphatic heterocycles. The summed E-state index contributed by atoms with van der Waals surface area (Å²) in [5.74, 6) is -0.173. The fourth-order valence-electron chi connectivity index (χ4n) is 3.00. The quantitative estimate of drug-likeness (QED) is 0.752. The van der Waals surface area contributed by atoms with Gasteiger partial charge in [-0.05, 0) is 43.7 Å². The highest BCUT2D eigenvalue weighted by atomic mass is 32.2. The van der Waals surface area contributed by atoms with Crippen LogP contribution in [0, 0.1) is 0 Å². The van der Waals surface area contributed by atoms with Gasteiger partial charge in [0.25, 0.3) is 0 Å². The molecule has 8 heteroatoms. The number of hydrogen-bond donors (Lipinski definition) is 2. The number of anilines is 1. The van der Waals surface area contributed by atoms with Crippen LogP contribution in [0.25, 0.3) is 0 Å². The third-order valence-corrected chi connectivity index (χ3v) is 6.39. The van der Waals surface area contributed by atoms with Gasteiger partial charge in [0, 0.05) is 25.3 Å². The van der Waals surface area contributed by atoms with Gasteiger partial charge in [-0.25, -0.2) is 8.42 Å². The van der Waals surface area contributed by atoms with Gasteiger partial charge in [0.05, 0.1) is 17.5 Å². The van der Waals surface area contributed by atoms with E-state index in [1.54, 1.807) is 26.0 Å². The average Bonchev–Trinajstić information content (AvgIpc) is 2.56. The summed E-state index contributed by atoms with van der Waals surface area (Å²) >= 11 is 0. The fraction of sp³-hybridized carbons (Fsp3) is 0.588. The summed E-state index contributed by atoms with van der Waals surface area (Å²) < 4.78 is 26.3. The number of nitrogens with zero attached hydrogens (tertiary/aromatic N) is 2. The van der Waals surface area contributed by atoms with Crippen molar-refractivity contribution < 1.29 is 18.3 Å². The molecule has 1 atom stereocenters. The van der Waals surface area contributed by atoms with Crippen LogP contribution in [0.5, 0.6) is 0 Å². The van der Waals surface area contributed by atoms with Crippen LogP contribution in [-0.2, 0) is 14.8 Å². The number of aliphatic hydroxyl groups excluding tert-OH is 1. The highest BCUT2D eigenvalue weighted by molar-refractivity contribution is 7.89. The zero-order valence-corrected chi connectivity index (χ0v) is 15.6. The molecule has 1 heterocycles. The number of nitrogens with one attached hydrogen (secondary N) is 1. The van der Waals surface area contributed by atoms with Crippen molar-refractivity contribution in [2.45, 2.75) is 37.7 Å². The molecule has 1 fully saturated rings. The van der Waals surface area contributed by atoms with Gasteiger partial charge in [0.2, 0.25) is 15.9 Å². The highest BCUT2D eigenvalue weighted by Gasteiger charge is 2.22. The lowest BCUT2D eigenvalue weighted by Crippen LogP contribution is -2.42. The van der Waals surface area contributed by atoms with Crippen molar-refractivity contribution in [2.24, 2.45) is 0 Å². The normalized spacial score (nSPS) is 19.1. The number of β-amino-alcohol motifs (C(OH)–C–C–N with tert-alkyl or cyclic N) is 1. The first-order valence-electron chi connectivity index (χ1n) is 8.67. The number of benzene rings is 1. The zero-order valence-electron chi connectivity index (χ0n) is 14.8. The average molecular weight is 369 g/mol. The molecule has 0 aromatic heterocycles. The summed E-state index contributed by atoms with van der Waals surface area (Å²) in [4.78, 5) is 14.2. The molecule has 25 heavy (non-hydrogen) atoms. The molecule has 2 rings (SSSR count). The molecule has 1 unspecified atom stereocenters. The number of hydrogen-bond acceptors (Lipinski definition) is 5. The predicted molar refractivity (Wildman–Crippen MR) is 96.9 cm³/mol. The van der Waals surface area contributed by atoms with Gasteiger partial charge in [-0.2, -0.15) is 4.31 Å². The Kier molecular flexibility index (Phi) is 6.95. The standard InChI is InChI=1S/C17H27N3O4S/c1-3-20(4-2)25(23,24)16-9-7-14(8-10-16)18-17(22)13-19-11-5-6-15(21)12-19/h7-10,15,21H,3-6,11-13H2,1-2H3,(H,18,22). The summed E-state index contributed by atoms with van der Waals surface area (Å²) in [6.07, 6.45) is 1.29. The first kappa shape index (κ1) is 19.8. The number of carbonyl (C=O) groups excluding carboxylic acids is 1. The van der Waals surface area contributed by atoms with Crippen molar-refractivity contribution in [3.05, 3.63) is 24.3 Å². The zero-order chi connectivity index (χ0) is 18.4. The second-order valence-corrected chi connectivity index (χ2v) is 8.13. The van der Waals surface area contributed by atoms with Crippen LogP contribution in [0.4, 0.5) is 5.69 Å². The lowest BCUT2D eigenvalue weighted by Gasteiger charge is -2.29. The van der Waals surface area contributed by atoms with Crippen molar-refractivity contribution >= 4 is 21.6 Å². The van der Waals surface area contributed by atoms with Crippen LogP contribution in [0.15, 0.2) is 29.2 Å². The molecule has 1 aliphatic rings. The van der Waals surface area contributed by atoms with Gasteiger partial charge in [-0.1, -0.05) is 13.8 Å². The topological polar surface area (TPSA) is 90.0 Å². The van der Waals surface area contributed by atoms with Crippen LogP contribution in [0.1, 0.15) is 26.7 Å². The van der Waals surface area contributed by atoms with Crippen LogP contribution >= 0.6 is 0 Å². The Hall–Kier alpha value is -1.48. The smallest absolute Gasteiger partial charge is 0.243 e. The van der Waals surface area contributed by atoms with Crippen LogP contribution in [0.3, 0.4) is 0 Å². The van der Waals surface area contributed by atoms with Gasteiger partial charge in [0.15, 0.2) is 0 Å². The molecule has 2 N–H and O–H groups in total. The van der Waals surface area contributed by atoms with E-state index in [0.717, 1.165) is 19.4 Å². The largest absolute Gasteiger partial charge is 0.392 e. The number of carbonyl (C=O) groups is 1. The molecule has 1 saturated heterocycles. The van der Waals surface area contributed by atoms with Crippen LogP contribution in [-0.4, -0.2) is 67.5 Å². The van der Waals surface area contributed by atoms with Gasteiger partial charge in [-0.3, -0.25) is 9.69 Å². The lowest BCUT2D eigenvalue weighted by atomic mass is 10.1. The molecule has 1 amide bonds. The van der Waals surface area contributed by atoms with E-state index >= 15 is 0 Å². The molecule has 0 radical (unpaired) electrons. The Morgan fingerprint density at radius 2 is 1.92 bits per heavy atom. The third kappa shape index (κ3) is 5.24. The van der Waals surface area contributed by atoms with Crippen molar-refractivity contribution in [1.29, 1.82) is 0 Å². The first-order chi connectivity index (χ1) is 11.9. The second kappa shape index (κ2) is 8.75. The monoisotopic (exact) mass is 369 g/mol. The van der Waals surface area contributed by atoms with E-state index < -0.39 is 10.0 Å². The minimum absolute atomic E-state index is 0.173. The Morgan fingerprint density at radius 1 is 1.28 bits per heavy atom. The van der Waals surface area contributed by atoms with Gasteiger partial charge in [0.1, 0.15) is 0 Å². The maximum Gasteiger partial charge on any atom is 0.243 e. The second-order valence-electron chi connectivity index (χ2n) is 6.19. The summed E-state index contributed by atoms with van der Waals surface area (Å²) in [7, 11) is -3.49. The third-order valence-electron chi connectivity index (χ3n) is 4.33. The Balaban J connectivity index is 1.97. The van der Waals surface area contributed by atoms with E-state index in [-0.39, 0.29) is 23.5 Å². The summed E-state index contributed by atoms with van der Waals surface area (Å²) in [5, 5.41) is 12.4. The van der Waals surface area contributed by atoms with E-state index in [1.807, 2.05) is 4.90 Å². The van der Waals surface area contributed by atoms with Crippen molar-refractivity contribution in [1.82, 2.24) is 9.21 Å².